The van der Waals surface area contributed by atoms with E-state index in [1.54, 1.807) is 20.2 Å². The molecule has 0 radical (unpaired) electrons. The first-order chi connectivity index (χ1) is 13.9. The lowest BCUT2D eigenvalue weighted by Crippen LogP contribution is -2.46. The molecule has 2 N–H and O–H groups in total. The molecule has 3 rings (SSSR count). The number of rotatable bonds is 6. The standard InChI is InChI=1S/C20H29ClFN5O2.HI/c1-26(2)19(28)11-24-20(23-10-14-6-8-29-13-14)25-15-5-7-27(12-15)16-3-4-17(21)18(22)9-16;/h3-4,9,14-15H,5-8,10-13H2,1-2H3,(H2,23,24,25);1H. The molecule has 1 aromatic rings. The average molecular weight is 554 g/mol. The molecule has 2 saturated heterocycles. The van der Waals surface area contributed by atoms with Gasteiger partial charge in [0.25, 0.3) is 0 Å². The van der Waals surface area contributed by atoms with Crippen molar-refractivity contribution in [3.63, 3.8) is 0 Å². The summed E-state index contributed by atoms with van der Waals surface area (Å²) in [6, 6.07) is 5.03. The normalized spacial score (nSPS) is 21.3. The first-order valence-corrected chi connectivity index (χ1v) is 10.3. The van der Waals surface area contributed by atoms with Gasteiger partial charge in [-0.15, -0.1) is 24.0 Å². The van der Waals surface area contributed by atoms with E-state index in [-0.39, 0.29) is 47.5 Å². The van der Waals surface area contributed by atoms with Crippen molar-refractivity contribution in [2.75, 3.05) is 58.4 Å². The van der Waals surface area contributed by atoms with Crippen LogP contribution in [0, 0.1) is 11.7 Å². The molecule has 0 spiro atoms. The highest BCUT2D eigenvalue weighted by atomic mass is 127. The third-order valence-electron chi connectivity index (χ3n) is 5.25. The molecule has 2 aliphatic rings. The van der Waals surface area contributed by atoms with Crippen molar-refractivity contribution in [3.8, 4) is 0 Å². The minimum Gasteiger partial charge on any atom is -0.381 e. The summed E-state index contributed by atoms with van der Waals surface area (Å²) >= 11 is 5.79. The minimum absolute atomic E-state index is 0. The number of guanidine groups is 1. The van der Waals surface area contributed by atoms with Crippen LogP contribution in [0.3, 0.4) is 0 Å². The maximum Gasteiger partial charge on any atom is 0.243 e. The van der Waals surface area contributed by atoms with E-state index in [1.165, 1.54) is 11.0 Å². The summed E-state index contributed by atoms with van der Waals surface area (Å²) in [7, 11) is 3.43. The third-order valence-corrected chi connectivity index (χ3v) is 5.56. The lowest BCUT2D eigenvalue weighted by molar-refractivity contribution is -0.127. The van der Waals surface area contributed by atoms with Gasteiger partial charge in [-0.05, 0) is 31.0 Å². The number of carbonyl (C=O) groups is 1. The topological polar surface area (TPSA) is 69.2 Å². The van der Waals surface area contributed by atoms with Crippen LogP contribution in [0.15, 0.2) is 23.2 Å². The summed E-state index contributed by atoms with van der Waals surface area (Å²) in [5.74, 6) is 0.607. The number of carbonyl (C=O) groups excluding carboxylic acids is 1. The molecule has 0 saturated carbocycles. The Hall–Kier alpha value is -1.33. The molecule has 30 heavy (non-hydrogen) atoms. The van der Waals surface area contributed by atoms with Crippen LogP contribution in [0.25, 0.3) is 0 Å². The second kappa shape index (κ2) is 11.9. The number of anilines is 1. The van der Waals surface area contributed by atoms with Crippen molar-refractivity contribution < 1.29 is 13.9 Å². The molecule has 2 unspecified atom stereocenters. The van der Waals surface area contributed by atoms with Gasteiger partial charge in [-0.2, -0.15) is 0 Å². The fourth-order valence-electron chi connectivity index (χ4n) is 3.41. The van der Waals surface area contributed by atoms with Crippen molar-refractivity contribution in [1.82, 2.24) is 15.5 Å². The van der Waals surface area contributed by atoms with Gasteiger partial charge in [-0.1, -0.05) is 11.6 Å². The average Bonchev–Trinajstić information content (AvgIpc) is 3.37. The number of hydrogen-bond acceptors (Lipinski definition) is 4. The molecule has 1 amide bonds. The van der Waals surface area contributed by atoms with Crippen LogP contribution in [0.5, 0.6) is 0 Å². The Morgan fingerprint density at radius 1 is 1.40 bits per heavy atom. The van der Waals surface area contributed by atoms with Gasteiger partial charge in [-0.3, -0.25) is 4.79 Å². The largest absolute Gasteiger partial charge is 0.381 e. The van der Waals surface area contributed by atoms with Crippen LogP contribution in [0.1, 0.15) is 12.8 Å². The number of benzene rings is 1. The molecular weight excluding hydrogens is 524 g/mol. The van der Waals surface area contributed by atoms with Gasteiger partial charge in [0.1, 0.15) is 12.4 Å². The second-order valence-electron chi connectivity index (χ2n) is 7.74. The van der Waals surface area contributed by atoms with E-state index in [9.17, 15) is 9.18 Å². The van der Waals surface area contributed by atoms with Gasteiger partial charge in [-0.25, -0.2) is 9.38 Å². The zero-order valence-electron chi connectivity index (χ0n) is 17.4. The van der Waals surface area contributed by atoms with Crippen molar-refractivity contribution in [2.45, 2.75) is 18.9 Å². The van der Waals surface area contributed by atoms with E-state index >= 15 is 0 Å². The number of likely N-dealkylation sites (N-methyl/N-ethyl adjacent to an activating group) is 1. The molecule has 0 aromatic heterocycles. The minimum atomic E-state index is -0.412. The molecule has 2 aliphatic heterocycles. The predicted octanol–water partition coefficient (Wildman–Crippen LogP) is 2.34. The number of halogens is 3. The van der Waals surface area contributed by atoms with E-state index in [1.807, 2.05) is 6.07 Å². The number of nitrogens with zero attached hydrogens (tertiary/aromatic N) is 3. The highest BCUT2D eigenvalue weighted by Gasteiger charge is 2.25. The summed E-state index contributed by atoms with van der Waals surface area (Å²) < 4.78 is 19.2. The highest BCUT2D eigenvalue weighted by molar-refractivity contribution is 14.0. The first-order valence-electron chi connectivity index (χ1n) is 9.95. The number of nitrogens with one attached hydrogen (secondary N) is 2. The zero-order valence-corrected chi connectivity index (χ0v) is 20.5. The fraction of sp³-hybridized carbons (Fsp3) is 0.600. The Balaban J connectivity index is 0.00000320. The first kappa shape index (κ1) is 24.9. The van der Waals surface area contributed by atoms with Crippen LogP contribution < -0.4 is 15.5 Å². The SMILES string of the molecule is CN(C)C(=O)CN=C(NCC1CCOC1)NC1CCN(c2ccc(Cl)c(F)c2)C1.I. The van der Waals surface area contributed by atoms with Gasteiger partial charge < -0.3 is 25.2 Å². The van der Waals surface area contributed by atoms with Gasteiger partial charge in [0.15, 0.2) is 5.96 Å². The molecule has 2 heterocycles. The summed E-state index contributed by atoms with van der Waals surface area (Å²) in [5.41, 5.74) is 0.813. The van der Waals surface area contributed by atoms with Crippen LogP contribution in [0.4, 0.5) is 10.1 Å². The molecule has 0 aliphatic carbocycles. The molecule has 168 valence electrons. The predicted molar refractivity (Wildman–Crippen MR) is 129 cm³/mol. The monoisotopic (exact) mass is 553 g/mol. The van der Waals surface area contributed by atoms with Gasteiger partial charge in [0.2, 0.25) is 5.91 Å². The molecule has 2 fully saturated rings. The van der Waals surface area contributed by atoms with E-state index < -0.39 is 5.82 Å². The van der Waals surface area contributed by atoms with E-state index in [0.29, 0.717) is 11.9 Å². The van der Waals surface area contributed by atoms with E-state index in [0.717, 1.165) is 51.4 Å². The summed E-state index contributed by atoms with van der Waals surface area (Å²) in [5, 5.41) is 6.90. The lowest BCUT2D eigenvalue weighted by Gasteiger charge is -2.21. The Kier molecular flexibility index (Phi) is 9.89. The van der Waals surface area contributed by atoms with Crippen LogP contribution in [-0.4, -0.2) is 76.3 Å². The molecule has 10 heteroatoms. The van der Waals surface area contributed by atoms with Crippen LogP contribution in [-0.2, 0) is 9.53 Å². The van der Waals surface area contributed by atoms with Crippen LogP contribution >= 0.6 is 35.6 Å². The fourth-order valence-corrected chi connectivity index (χ4v) is 3.53. The Morgan fingerprint density at radius 2 is 2.20 bits per heavy atom. The summed E-state index contributed by atoms with van der Waals surface area (Å²) in [6.45, 7) is 3.90. The third kappa shape index (κ3) is 7.12. The summed E-state index contributed by atoms with van der Waals surface area (Å²) in [4.78, 5) is 20.0. The number of aliphatic imine (C=N–C) groups is 1. The molecule has 0 bridgehead atoms. The van der Waals surface area contributed by atoms with Gasteiger partial charge >= 0.3 is 0 Å². The van der Waals surface area contributed by atoms with Crippen molar-refractivity contribution in [2.24, 2.45) is 10.9 Å². The van der Waals surface area contributed by atoms with E-state index in [2.05, 4.69) is 20.5 Å². The maximum absolute atomic E-state index is 13.8. The Morgan fingerprint density at radius 3 is 2.87 bits per heavy atom. The molecule has 7 nitrogen and oxygen atoms in total. The highest BCUT2D eigenvalue weighted by Crippen LogP contribution is 2.25. The Bertz CT molecular complexity index is 746. The molecular formula is C20H30ClFIN5O2. The van der Waals surface area contributed by atoms with Crippen LogP contribution in [0.2, 0.25) is 5.02 Å². The summed E-state index contributed by atoms with van der Waals surface area (Å²) in [6.07, 6.45) is 1.91. The Labute approximate surface area is 199 Å². The number of hydrogen-bond donors (Lipinski definition) is 2. The molecule has 1 aromatic carbocycles. The van der Waals surface area contributed by atoms with Crippen molar-refractivity contribution in [1.29, 1.82) is 0 Å². The number of amides is 1. The smallest absolute Gasteiger partial charge is 0.243 e. The second-order valence-corrected chi connectivity index (χ2v) is 8.15. The quantitative estimate of drug-likeness (QED) is 0.322. The van der Waals surface area contributed by atoms with Crippen molar-refractivity contribution >= 4 is 53.1 Å². The maximum atomic E-state index is 13.8. The van der Waals surface area contributed by atoms with Gasteiger partial charge in [0, 0.05) is 58.0 Å². The lowest BCUT2D eigenvalue weighted by atomic mass is 10.1. The van der Waals surface area contributed by atoms with Crippen molar-refractivity contribution in [3.05, 3.63) is 29.0 Å². The molecule has 2 atom stereocenters. The number of ether oxygens (including phenoxy) is 1. The zero-order chi connectivity index (χ0) is 20.8. The van der Waals surface area contributed by atoms with E-state index in [4.69, 9.17) is 16.3 Å². The van der Waals surface area contributed by atoms with Gasteiger partial charge in [0.05, 0.1) is 11.6 Å².